The molecule has 3 aromatic rings. The van der Waals surface area contributed by atoms with Crippen molar-refractivity contribution in [3.05, 3.63) is 42.4 Å². The van der Waals surface area contributed by atoms with Crippen LogP contribution < -0.4 is 10.2 Å². The molecule has 0 saturated carbocycles. The van der Waals surface area contributed by atoms with Crippen molar-refractivity contribution < 1.29 is 4.79 Å². The summed E-state index contributed by atoms with van der Waals surface area (Å²) in [6.45, 7) is 7.30. The van der Waals surface area contributed by atoms with Gasteiger partial charge in [0.2, 0.25) is 0 Å². The van der Waals surface area contributed by atoms with Gasteiger partial charge in [-0.3, -0.25) is 14.6 Å². The van der Waals surface area contributed by atoms with E-state index in [1.807, 2.05) is 45.7 Å². The monoisotopic (exact) mass is 462 g/mol. The number of terminal acetylenes is 1. The lowest BCUT2D eigenvalue weighted by Crippen LogP contribution is -2.63. The van der Waals surface area contributed by atoms with Crippen molar-refractivity contribution in [1.82, 2.24) is 35.3 Å². The molecule has 2 N–H and O–H groups in total. The van der Waals surface area contributed by atoms with Gasteiger partial charge in [-0.15, -0.1) is 21.6 Å². The molecule has 0 bridgehead atoms. The number of amides is 1. The summed E-state index contributed by atoms with van der Waals surface area (Å²) in [7, 11) is 4.79. The molecule has 1 aliphatic rings. The zero-order chi connectivity index (χ0) is 23.8. The van der Waals surface area contributed by atoms with E-state index >= 15 is 0 Å². The van der Waals surface area contributed by atoms with Crippen LogP contribution in [0.2, 0.25) is 0 Å². The van der Waals surface area contributed by atoms with E-state index in [9.17, 15) is 4.79 Å². The van der Waals surface area contributed by atoms with Crippen molar-refractivity contribution in [3.8, 4) is 23.5 Å². The average molecular weight is 462 g/mol. The Morgan fingerprint density at radius 3 is 2.73 bits per heavy atom. The lowest BCUT2D eigenvalue weighted by Gasteiger charge is -2.49. The summed E-state index contributed by atoms with van der Waals surface area (Å²) in [5.41, 5.74) is 2.98. The highest BCUT2D eigenvalue weighted by molar-refractivity contribution is 7.22. The van der Waals surface area contributed by atoms with Gasteiger partial charge in [-0.2, -0.15) is 10.2 Å². The van der Waals surface area contributed by atoms with Crippen LogP contribution in [-0.4, -0.2) is 67.9 Å². The molecule has 1 aliphatic heterocycles. The second kappa shape index (κ2) is 8.64. The summed E-state index contributed by atoms with van der Waals surface area (Å²) in [4.78, 5) is 23.4. The van der Waals surface area contributed by atoms with Crippen molar-refractivity contribution >= 4 is 28.8 Å². The molecule has 1 amide bonds. The Morgan fingerprint density at radius 1 is 1.39 bits per heavy atom. The van der Waals surface area contributed by atoms with Crippen molar-refractivity contribution in [1.29, 1.82) is 0 Å². The van der Waals surface area contributed by atoms with Crippen molar-refractivity contribution in [3.63, 3.8) is 0 Å². The third kappa shape index (κ3) is 4.51. The van der Waals surface area contributed by atoms with E-state index in [0.29, 0.717) is 31.0 Å². The Bertz CT molecular complexity index is 1180. The van der Waals surface area contributed by atoms with Crippen LogP contribution in [0.25, 0.3) is 11.1 Å². The van der Waals surface area contributed by atoms with Crippen LogP contribution in [-0.2, 0) is 5.54 Å². The molecule has 4 heterocycles. The normalized spacial score (nSPS) is 17.5. The lowest BCUT2D eigenvalue weighted by atomic mass is 9.82. The van der Waals surface area contributed by atoms with Crippen molar-refractivity contribution in [2.75, 3.05) is 18.0 Å². The first-order chi connectivity index (χ1) is 15.6. The molecule has 0 aromatic carbocycles. The second-order valence-corrected chi connectivity index (χ2v) is 10.8. The van der Waals surface area contributed by atoms with E-state index < -0.39 is 0 Å². The zero-order valence-electron chi connectivity index (χ0n) is 19.3. The molecule has 0 aliphatic carbocycles. The summed E-state index contributed by atoms with van der Waals surface area (Å²) in [6, 6.07) is -0.0268. The van der Waals surface area contributed by atoms with Gasteiger partial charge in [0, 0.05) is 48.6 Å². The fourth-order valence-corrected chi connectivity index (χ4v) is 3.86. The predicted molar refractivity (Wildman–Crippen MR) is 134 cm³/mol. The zero-order valence-corrected chi connectivity index (χ0v) is 20.5. The minimum atomic E-state index is -0.317. The predicted octanol–water partition coefficient (Wildman–Crippen LogP) is 0.953. The third-order valence-corrected chi connectivity index (χ3v) is 6.77. The van der Waals surface area contributed by atoms with E-state index in [2.05, 4.69) is 50.6 Å². The number of carbonyl (C=O) groups is 1. The Balaban J connectivity index is 1.45. The fourth-order valence-electron chi connectivity index (χ4n) is 3.78. The third-order valence-electron chi connectivity index (χ3n) is 6.27. The number of aromatic amines is 1. The van der Waals surface area contributed by atoms with Gasteiger partial charge in [0.15, 0.2) is 0 Å². The van der Waals surface area contributed by atoms with Gasteiger partial charge in [0.25, 0.3) is 5.91 Å². The van der Waals surface area contributed by atoms with Crippen LogP contribution >= 0.6 is 9.24 Å². The quantitative estimate of drug-likeness (QED) is 0.308. The Morgan fingerprint density at radius 2 is 2.15 bits per heavy atom. The topological polar surface area (TPSA) is 105 Å². The lowest BCUT2D eigenvalue weighted by molar-refractivity contribution is 0.0932. The standard InChI is InChI=1S/C22H28BN8OP/c1-5-6-22(31-11-16(7-27-31)17-8-26-29-14(17)2)12-30(13-22)19-10-24-18(9-25-19)20(32)28-15(3)21(4,23)33/h1,7-11,15H,6,12-13,23,33H2,2-4H3,(H,26,29)(H,28,32). The number of aromatic nitrogens is 6. The highest BCUT2D eigenvalue weighted by Gasteiger charge is 2.45. The molecular formula is C22H28BN8OP. The number of nitrogens with one attached hydrogen (secondary N) is 2. The minimum Gasteiger partial charge on any atom is -0.350 e. The Kier molecular flexibility index (Phi) is 6.02. The van der Waals surface area contributed by atoms with Gasteiger partial charge >= 0.3 is 0 Å². The summed E-state index contributed by atoms with van der Waals surface area (Å²) in [6.07, 6.45) is 15.0. The molecule has 33 heavy (non-hydrogen) atoms. The highest BCUT2D eigenvalue weighted by atomic mass is 31.0. The largest absolute Gasteiger partial charge is 0.350 e. The van der Waals surface area contributed by atoms with E-state index in [1.165, 1.54) is 6.20 Å². The first-order valence-electron chi connectivity index (χ1n) is 10.8. The van der Waals surface area contributed by atoms with Crippen molar-refractivity contribution in [2.45, 2.75) is 43.8 Å². The van der Waals surface area contributed by atoms with E-state index in [1.54, 1.807) is 12.4 Å². The first kappa shape index (κ1) is 23.0. The van der Waals surface area contributed by atoms with Crippen LogP contribution in [0.3, 0.4) is 0 Å². The maximum atomic E-state index is 12.5. The molecule has 4 rings (SSSR count). The van der Waals surface area contributed by atoms with E-state index in [-0.39, 0.29) is 22.5 Å². The van der Waals surface area contributed by atoms with Crippen LogP contribution in [0.1, 0.15) is 36.5 Å². The number of anilines is 1. The minimum absolute atomic E-state index is 0.0268. The molecule has 11 heteroatoms. The first-order valence-corrected chi connectivity index (χ1v) is 11.4. The molecule has 9 nitrogen and oxygen atoms in total. The van der Waals surface area contributed by atoms with Crippen LogP contribution in [0, 0.1) is 19.3 Å². The number of carbonyl (C=O) groups excluding carboxylic acids is 1. The van der Waals surface area contributed by atoms with E-state index in [4.69, 9.17) is 6.42 Å². The number of hydrogen-bond acceptors (Lipinski definition) is 6. The summed E-state index contributed by atoms with van der Waals surface area (Å²) in [5.74, 6) is 3.26. The average Bonchev–Trinajstić information content (AvgIpc) is 3.39. The summed E-state index contributed by atoms with van der Waals surface area (Å²) >= 11 is 0. The van der Waals surface area contributed by atoms with Gasteiger partial charge < -0.3 is 10.2 Å². The molecule has 3 unspecified atom stereocenters. The Labute approximate surface area is 196 Å². The van der Waals surface area contributed by atoms with Crippen molar-refractivity contribution in [2.24, 2.45) is 0 Å². The SMILES string of the molecule is BC(C)(P)C(C)NC(=O)c1cnc(N2CC(CC#C)(n3cc(-c4cn[nH]c4C)cn3)C2)cn1. The molecule has 1 fully saturated rings. The number of hydrogen-bond donors (Lipinski definition) is 2. The van der Waals surface area contributed by atoms with Gasteiger partial charge in [-0.1, -0.05) is 6.92 Å². The maximum Gasteiger partial charge on any atom is 0.271 e. The fraction of sp³-hybridized carbons (Fsp3) is 0.409. The van der Waals surface area contributed by atoms with Gasteiger partial charge in [-0.05, 0) is 18.9 Å². The summed E-state index contributed by atoms with van der Waals surface area (Å²) in [5, 5.41) is 14.5. The molecule has 0 spiro atoms. The molecule has 0 radical (unpaired) electrons. The van der Waals surface area contributed by atoms with Crippen LogP contribution in [0.4, 0.5) is 5.82 Å². The molecule has 1 saturated heterocycles. The van der Waals surface area contributed by atoms with Gasteiger partial charge in [-0.25, -0.2) is 9.97 Å². The smallest absolute Gasteiger partial charge is 0.271 e. The molecular weight excluding hydrogens is 434 g/mol. The highest BCUT2D eigenvalue weighted by Crippen LogP contribution is 2.36. The number of rotatable bonds is 7. The van der Waals surface area contributed by atoms with Crippen LogP contribution in [0.15, 0.2) is 31.0 Å². The van der Waals surface area contributed by atoms with Gasteiger partial charge in [0.1, 0.15) is 24.9 Å². The number of nitrogens with zero attached hydrogens (tertiary/aromatic N) is 6. The Hall–Kier alpha value is -3.18. The summed E-state index contributed by atoms with van der Waals surface area (Å²) < 4.78 is 1.95. The van der Waals surface area contributed by atoms with Gasteiger partial charge in [0.05, 0.1) is 24.8 Å². The second-order valence-electron chi connectivity index (χ2n) is 9.32. The maximum absolute atomic E-state index is 12.5. The van der Waals surface area contributed by atoms with E-state index in [0.717, 1.165) is 16.8 Å². The molecule has 3 aromatic heterocycles. The number of H-pyrrole nitrogens is 1. The number of aryl methyl sites for hydroxylation is 1. The van der Waals surface area contributed by atoms with Crippen LogP contribution in [0.5, 0.6) is 0 Å². The molecule has 3 atom stereocenters. The molecule has 170 valence electrons.